The first-order chi connectivity index (χ1) is 9.70. The van der Waals surface area contributed by atoms with E-state index in [1.807, 2.05) is 30.9 Å². The molecule has 0 amide bonds. The van der Waals surface area contributed by atoms with Crippen molar-refractivity contribution < 1.29 is 4.39 Å². The second-order valence-corrected chi connectivity index (χ2v) is 7.01. The van der Waals surface area contributed by atoms with Crippen molar-refractivity contribution in [1.82, 2.24) is 5.32 Å². The normalized spacial score (nSPS) is 18.9. The molecule has 2 aromatic carbocycles. The maximum absolute atomic E-state index is 14.3. The van der Waals surface area contributed by atoms with Crippen molar-refractivity contribution in [3.63, 3.8) is 0 Å². The fourth-order valence-corrected chi connectivity index (χ4v) is 4.55. The Morgan fingerprint density at radius 3 is 2.80 bits per heavy atom. The van der Waals surface area contributed by atoms with Crippen LogP contribution in [0.3, 0.4) is 0 Å². The Labute approximate surface area is 131 Å². The van der Waals surface area contributed by atoms with Gasteiger partial charge in [0.2, 0.25) is 0 Å². The third kappa shape index (κ3) is 2.52. The van der Waals surface area contributed by atoms with Crippen LogP contribution in [0.1, 0.15) is 17.2 Å². The van der Waals surface area contributed by atoms with Crippen LogP contribution in [0.4, 0.5) is 4.39 Å². The summed E-state index contributed by atoms with van der Waals surface area (Å²) in [6, 6.07) is 13.9. The highest BCUT2D eigenvalue weighted by Crippen LogP contribution is 2.43. The van der Waals surface area contributed by atoms with Gasteiger partial charge in [0.15, 0.2) is 0 Å². The maximum atomic E-state index is 14.3. The van der Waals surface area contributed by atoms with Crippen molar-refractivity contribution in [2.75, 3.05) is 7.05 Å². The molecule has 0 radical (unpaired) electrons. The van der Waals surface area contributed by atoms with Gasteiger partial charge >= 0.3 is 0 Å². The summed E-state index contributed by atoms with van der Waals surface area (Å²) in [5.74, 6) is -0.164. The van der Waals surface area contributed by atoms with E-state index < -0.39 is 0 Å². The molecule has 0 bridgehead atoms. The van der Waals surface area contributed by atoms with Crippen molar-refractivity contribution in [3.05, 3.63) is 63.9 Å². The molecule has 0 fully saturated rings. The summed E-state index contributed by atoms with van der Waals surface area (Å²) >= 11 is 5.10. The molecule has 1 nitrogen and oxygen atoms in total. The van der Waals surface area contributed by atoms with Gasteiger partial charge in [-0.05, 0) is 47.1 Å². The highest BCUT2D eigenvalue weighted by molar-refractivity contribution is 9.10. The minimum absolute atomic E-state index is 0.00454. The molecule has 0 saturated carbocycles. The molecule has 2 aromatic rings. The first-order valence-electron chi connectivity index (χ1n) is 6.56. The molecule has 2 atom stereocenters. The van der Waals surface area contributed by atoms with Crippen LogP contribution in [0.2, 0.25) is 0 Å². The molecule has 1 aliphatic heterocycles. The van der Waals surface area contributed by atoms with E-state index in [1.54, 1.807) is 6.07 Å². The summed E-state index contributed by atoms with van der Waals surface area (Å²) in [5.41, 5.74) is 2.09. The monoisotopic (exact) mass is 351 g/mol. The summed E-state index contributed by atoms with van der Waals surface area (Å²) < 4.78 is 14.8. The molecule has 4 heteroatoms. The second-order valence-electron chi connectivity index (χ2n) is 4.88. The molecule has 3 rings (SSSR count). The molecular weight excluding hydrogens is 337 g/mol. The lowest BCUT2D eigenvalue weighted by atomic mass is 9.98. The smallest absolute Gasteiger partial charge is 0.142 e. The van der Waals surface area contributed by atoms with Gasteiger partial charge in [-0.2, -0.15) is 0 Å². The molecule has 1 N–H and O–H groups in total. The van der Waals surface area contributed by atoms with Gasteiger partial charge < -0.3 is 5.32 Å². The van der Waals surface area contributed by atoms with Gasteiger partial charge in [0.25, 0.3) is 0 Å². The predicted molar refractivity (Wildman–Crippen MR) is 85.7 cm³/mol. The van der Waals surface area contributed by atoms with Crippen LogP contribution >= 0.6 is 27.7 Å². The highest BCUT2D eigenvalue weighted by Gasteiger charge is 2.31. The fourth-order valence-electron chi connectivity index (χ4n) is 2.70. The standard InChI is InChI=1S/C16H15BrFNS/c1-19-16(11-6-4-7-12(17)15(11)18)14-9-10-5-2-3-8-13(10)20-14/h2-8,14,16,19H,9H2,1H3. The summed E-state index contributed by atoms with van der Waals surface area (Å²) in [6.45, 7) is 0. The van der Waals surface area contributed by atoms with Crippen molar-refractivity contribution in [2.24, 2.45) is 0 Å². The van der Waals surface area contributed by atoms with Gasteiger partial charge in [-0.25, -0.2) is 4.39 Å². The predicted octanol–water partition coefficient (Wildman–Crippen LogP) is 4.57. The fraction of sp³-hybridized carbons (Fsp3) is 0.250. The van der Waals surface area contributed by atoms with Gasteiger partial charge in [0.1, 0.15) is 5.82 Å². The minimum Gasteiger partial charge on any atom is -0.312 e. The SMILES string of the molecule is CNC(c1cccc(Br)c1F)C1Cc2ccccc2S1. The lowest BCUT2D eigenvalue weighted by Crippen LogP contribution is -2.28. The first-order valence-corrected chi connectivity index (χ1v) is 8.23. The van der Waals surface area contributed by atoms with Crippen LogP contribution in [0.15, 0.2) is 51.8 Å². The summed E-state index contributed by atoms with van der Waals surface area (Å²) in [4.78, 5) is 1.31. The molecule has 0 aromatic heterocycles. The van der Waals surface area contributed by atoms with Gasteiger partial charge in [-0.15, -0.1) is 11.8 Å². The van der Waals surface area contributed by atoms with Crippen molar-refractivity contribution in [3.8, 4) is 0 Å². The van der Waals surface area contributed by atoms with E-state index >= 15 is 0 Å². The Morgan fingerprint density at radius 1 is 1.25 bits per heavy atom. The molecule has 0 aliphatic carbocycles. The number of thioether (sulfide) groups is 1. The molecule has 2 unspecified atom stereocenters. The number of fused-ring (bicyclic) bond motifs is 1. The zero-order valence-corrected chi connectivity index (χ0v) is 13.5. The van der Waals surface area contributed by atoms with E-state index in [9.17, 15) is 4.39 Å². The van der Waals surface area contributed by atoms with Crippen LogP contribution < -0.4 is 5.32 Å². The molecule has 1 heterocycles. The summed E-state index contributed by atoms with van der Waals surface area (Å²) in [7, 11) is 1.90. The Balaban J connectivity index is 1.91. The highest BCUT2D eigenvalue weighted by atomic mass is 79.9. The van der Waals surface area contributed by atoms with Crippen LogP contribution in [0.25, 0.3) is 0 Å². The topological polar surface area (TPSA) is 12.0 Å². The van der Waals surface area contributed by atoms with E-state index in [0.717, 1.165) is 12.0 Å². The van der Waals surface area contributed by atoms with Crippen LogP contribution in [0, 0.1) is 5.82 Å². The van der Waals surface area contributed by atoms with Crippen molar-refractivity contribution in [2.45, 2.75) is 22.6 Å². The lowest BCUT2D eigenvalue weighted by Gasteiger charge is -2.23. The Kier molecular flexibility index (Phi) is 4.15. The van der Waals surface area contributed by atoms with Crippen LogP contribution in [-0.2, 0) is 6.42 Å². The van der Waals surface area contributed by atoms with E-state index in [-0.39, 0.29) is 11.9 Å². The number of hydrogen-bond acceptors (Lipinski definition) is 2. The number of nitrogens with one attached hydrogen (secondary N) is 1. The number of rotatable bonds is 3. The molecule has 20 heavy (non-hydrogen) atoms. The van der Waals surface area contributed by atoms with E-state index in [1.165, 1.54) is 10.5 Å². The largest absolute Gasteiger partial charge is 0.312 e. The van der Waals surface area contributed by atoms with E-state index in [4.69, 9.17) is 0 Å². The summed E-state index contributed by atoms with van der Waals surface area (Å²) in [6.07, 6.45) is 0.971. The lowest BCUT2D eigenvalue weighted by molar-refractivity contribution is 0.518. The average molecular weight is 352 g/mol. The van der Waals surface area contributed by atoms with E-state index in [0.29, 0.717) is 9.72 Å². The molecule has 0 saturated heterocycles. The zero-order chi connectivity index (χ0) is 14.1. The third-order valence-corrected chi connectivity index (χ3v) is 5.68. The maximum Gasteiger partial charge on any atom is 0.142 e. The van der Waals surface area contributed by atoms with Gasteiger partial charge in [0.05, 0.1) is 4.47 Å². The van der Waals surface area contributed by atoms with Crippen LogP contribution in [-0.4, -0.2) is 12.3 Å². The first kappa shape index (κ1) is 14.1. The minimum atomic E-state index is -0.164. The van der Waals surface area contributed by atoms with Gasteiger partial charge in [-0.1, -0.05) is 30.3 Å². The third-order valence-electron chi connectivity index (χ3n) is 3.67. The van der Waals surface area contributed by atoms with Crippen molar-refractivity contribution >= 4 is 27.7 Å². The van der Waals surface area contributed by atoms with E-state index in [2.05, 4.69) is 45.5 Å². The quantitative estimate of drug-likeness (QED) is 0.869. The Morgan fingerprint density at radius 2 is 2.05 bits per heavy atom. The average Bonchev–Trinajstić information content (AvgIpc) is 2.87. The second kappa shape index (κ2) is 5.88. The Bertz CT molecular complexity index is 607. The van der Waals surface area contributed by atoms with Crippen LogP contribution in [0.5, 0.6) is 0 Å². The Hall–Kier alpha value is -0.840. The van der Waals surface area contributed by atoms with Crippen molar-refractivity contribution in [1.29, 1.82) is 0 Å². The zero-order valence-electron chi connectivity index (χ0n) is 11.1. The van der Waals surface area contributed by atoms with Gasteiger partial charge in [-0.3, -0.25) is 0 Å². The molecule has 1 aliphatic rings. The number of benzene rings is 2. The molecule has 0 spiro atoms. The molecular formula is C16H15BrFNS. The number of hydrogen-bond donors (Lipinski definition) is 1. The number of halogens is 2. The van der Waals surface area contributed by atoms with Gasteiger partial charge in [0, 0.05) is 21.8 Å². The molecule has 104 valence electrons. The summed E-state index contributed by atoms with van der Waals surface area (Å²) in [5, 5.41) is 3.60.